The van der Waals surface area contributed by atoms with Crippen LogP contribution >= 0.6 is 0 Å². The molecular formula is C24H41N3O5. The molecule has 1 spiro atoms. The highest BCUT2D eigenvalue weighted by Crippen LogP contribution is 2.64. The van der Waals surface area contributed by atoms with E-state index in [1.54, 1.807) is 4.90 Å². The number of rotatable bonds is 13. The Morgan fingerprint density at radius 2 is 1.78 bits per heavy atom. The first-order valence-corrected chi connectivity index (χ1v) is 12.6. The number of nitrogens with zero attached hydrogens (tertiary/aromatic N) is 1. The number of ether oxygens (including phenoxy) is 1. The first-order chi connectivity index (χ1) is 15.4. The molecule has 0 aliphatic carbocycles. The molecule has 32 heavy (non-hydrogen) atoms. The van der Waals surface area contributed by atoms with E-state index in [2.05, 4.69) is 17.6 Å². The number of hydrogen-bond donors (Lipinski definition) is 3. The van der Waals surface area contributed by atoms with Crippen LogP contribution in [-0.2, 0) is 19.1 Å². The molecule has 8 heteroatoms. The van der Waals surface area contributed by atoms with Crippen LogP contribution in [-0.4, -0.2) is 71.2 Å². The minimum absolute atomic E-state index is 0.114. The number of fused-ring (bicyclic) bond motifs is 1. The van der Waals surface area contributed by atoms with Crippen LogP contribution in [0.4, 0.5) is 0 Å². The minimum Gasteiger partial charge on any atom is -0.396 e. The first kappa shape index (κ1) is 25.0. The normalized spacial score (nSPS) is 32.9. The Kier molecular flexibility index (Phi) is 8.20. The van der Waals surface area contributed by atoms with Gasteiger partial charge in [-0.15, -0.1) is 0 Å². The Labute approximate surface area is 191 Å². The molecule has 0 aromatic carbocycles. The molecule has 0 saturated carbocycles. The lowest BCUT2D eigenvalue weighted by Gasteiger charge is -2.34. The SMILES string of the molecule is CCCCNC(=O)C1N(CCCCCO)C(=O)[C@@H]2[C@H](C(=O)NCCC)[C@]3(CC)CCC12O3. The zero-order valence-electron chi connectivity index (χ0n) is 20.0. The van der Waals surface area contributed by atoms with Gasteiger partial charge in [0.2, 0.25) is 17.7 Å². The fourth-order valence-electron chi connectivity index (χ4n) is 6.07. The van der Waals surface area contributed by atoms with Gasteiger partial charge in [0.05, 0.1) is 17.4 Å². The largest absolute Gasteiger partial charge is 0.396 e. The van der Waals surface area contributed by atoms with Crippen LogP contribution in [0.25, 0.3) is 0 Å². The van der Waals surface area contributed by atoms with Gasteiger partial charge in [0.25, 0.3) is 0 Å². The maximum absolute atomic E-state index is 13.8. The van der Waals surface area contributed by atoms with Gasteiger partial charge in [0, 0.05) is 26.2 Å². The average Bonchev–Trinajstić information content (AvgIpc) is 3.39. The predicted molar refractivity (Wildman–Crippen MR) is 121 cm³/mol. The van der Waals surface area contributed by atoms with Crippen LogP contribution in [0.15, 0.2) is 0 Å². The fourth-order valence-corrected chi connectivity index (χ4v) is 6.07. The van der Waals surface area contributed by atoms with Crippen molar-refractivity contribution in [2.24, 2.45) is 11.8 Å². The number of aliphatic hydroxyl groups is 1. The van der Waals surface area contributed by atoms with Gasteiger partial charge in [-0.25, -0.2) is 0 Å². The standard InChI is InChI=1S/C24H41N3O5/c1-4-7-14-26-21(30)19-24-12-11-23(6-3,32-24)17(20(29)25-13-5-2)18(24)22(31)27(19)15-9-8-10-16-28/h17-19,28H,4-16H2,1-3H3,(H,25,29)(H,26,30)/t17-,18+,19?,23+,24?/m1/s1. The number of nitrogens with one attached hydrogen (secondary N) is 2. The molecule has 0 aromatic rings. The molecule has 3 saturated heterocycles. The number of amides is 3. The monoisotopic (exact) mass is 451 g/mol. The van der Waals surface area contributed by atoms with E-state index in [1.807, 2.05) is 13.8 Å². The average molecular weight is 452 g/mol. The summed E-state index contributed by atoms with van der Waals surface area (Å²) in [6.45, 7) is 7.76. The van der Waals surface area contributed by atoms with Crippen LogP contribution < -0.4 is 10.6 Å². The third-order valence-electron chi connectivity index (χ3n) is 7.65. The summed E-state index contributed by atoms with van der Waals surface area (Å²) in [6, 6.07) is -0.705. The Morgan fingerprint density at radius 3 is 2.44 bits per heavy atom. The van der Waals surface area contributed by atoms with Crippen molar-refractivity contribution in [2.75, 3.05) is 26.2 Å². The second-order valence-corrected chi connectivity index (χ2v) is 9.58. The highest BCUT2D eigenvalue weighted by molar-refractivity contribution is 5.99. The number of hydrogen-bond acceptors (Lipinski definition) is 5. The lowest BCUT2D eigenvalue weighted by molar-refractivity contribution is -0.147. The Balaban J connectivity index is 1.92. The van der Waals surface area contributed by atoms with E-state index >= 15 is 0 Å². The molecule has 182 valence electrons. The molecule has 3 heterocycles. The molecule has 3 amide bonds. The second-order valence-electron chi connectivity index (χ2n) is 9.58. The molecular weight excluding hydrogens is 410 g/mol. The Bertz CT molecular complexity index is 701. The van der Waals surface area contributed by atoms with Gasteiger partial charge in [-0.2, -0.15) is 0 Å². The molecule has 3 N–H and O–H groups in total. The number of unbranched alkanes of at least 4 members (excludes halogenated alkanes) is 3. The number of carbonyl (C=O) groups is 3. The van der Waals surface area contributed by atoms with Crippen molar-refractivity contribution in [1.82, 2.24) is 15.5 Å². The fraction of sp³-hybridized carbons (Fsp3) is 0.875. The summed E-state index contributed by atoms with van der Waals surface area (Å²) >= 11 is 0. The van der Waals surface area contributed by atoms with Crippen LogP contribution in [0.2, 0.25) is 0 Å². The topological polar surface area (TPSA) is 108 Å². The Morgan fingerprint density at radius 1 is 1.03 bits per heavy atom. The van der Waals surface area contributed by atoms with Gasteiger partial charge in [-0.1, -0.05) is 27.2 Å². The highest BCUT2D eigenvalue weighted by atomic mass is 16.5. The smallest absolute Gasteiger partial charge is 0.245 e. The molecule has 2 unspecified atom stereocenters. The number of likely N-dealkylation sites (tertiary alicyclic amines) is 1. The summed E-state index contributed by atoms with van der Waals surface area (Å²) < 4.78 is 6.68. The van der Waals surface area contributed by atoms with E-state index in [0.717, 1.165) is 25.7 Å². The van der Waals surface area contributed by atoms with Crippen molar-refractivity contribution in [3.63, 3.8) is 0 Å². The maximum Gasteiger partial charge on any atom is 0.245 e. The molecule has 0 radical (unpaired) electrons. The second kappa shape index (κ2) is 10.5. The van der Waals surface area contributed by atoms with Crippen molar-refractivity contribution < 1.29 is 24.2 Å². The third-order valence-corrected chi connectivity index (χ3v) is 7.65. The summed E-state index contributed by atoms with van der Waals surface area (Å²) in [6.07, 6.45) is 6.77. The van der Waals surface area contributed by atoms with Gasteiger partial charge in [-0.3, -0.25) is 14.4 Å². The van der Waals surface area contributed by atoms with E-state index in [4.69, 9.17) is 9.84 Å². The summed E-state index contributed by atoms with van der Waals surface area (Å²) in [5.74, 6) is -1.60. The van der Waals surface area contributed by atoms with Crippen LogP contribution in [0.1, 0.15) is 78.6 Å². The number of aliphatic hydroxyl groups excluding tert-OH is 1. The van der Waals surface area contributed by atoms with Gasteiger partial charge in [0.15, 0.2) is 0 Å². The van der Waals surface area contributed by atoms with Crippen molar-refractivity contribution in [2.45, 2.75) is 95.8 Å². The summed E-state index contributed by atoms with van der Waals surface area (Å²) in [4.78, 5) is 42.1. The van der Waals surface area contributed by atoms with Crippen LogP contribution in [0, 0.1) is 11.8 Å². The van der Waals surface area contributed by atoms with Gasteiger partial charge < -0.3 is 25.4 Å². The van der Waals surface area contributed by atoms with Crippen molar-refractivity contribution in [3.05, 3.63) is 0 Å². The molecule has 3 aliphatic heterocycles. The summed E-state index contributed by atoms with van der Waals surface area (Å²) in [7, 11) is 0. The molecule has 8 nitrogen and oxygen atoms in total. The highest BCUT2D eigenvalue weighted by Gasteiger charge is 2.78. The zero-order valence-corrected chi connectivity index (χ0v) is 20.0. The predicted octanol–water partition coefficient (Wildman–Crippen LogP) is 1.75. The van der Waals surface area contributed by atoms with Crippen LogP contribution in [0.3, 0.4) is 0 Å². The molecule has 0 aromatic heterocycles. The first-order valence-electron chi connectivity index (χ1n) is 12.6. The summed E-state index contributed by atoms with van der Waals surface area (Å²) in [5, 5.41) is 15.1. The molecule has 2 bridgehead atoms. The maximum atomic E-state index is 13.8. The van der Waals surface area contributed by atoms with E-state index in [1.165, 1.54) is 0 Å². The van der Waals surface area contributed by atoms with E-state index < -0.39 is 29.1 Å². The Hall–Kier alpha value is -1.67. The summed E-state index contributed by atoms with van der Waals surface area (Å²) in [5.41, 5.74) is -1.61. The lowest BCUT2D eigenvalue weighted by atomic mass is 9.65. The van der Waals surface area contributed by atoms with Crippen LogP contribution in [0.5, 0.6) is 0 Å². The van der Waals surface area contributed by atoms with Gasteiger partial charge in [0.1, 0.15) is 11.6 Å². The minimum atomic E-state index is -0.936. The van der Waals surface area contributed by atoms with Crippen molar-refractivity contribution in [1.29, 1.82) is 0 Å². The van der Waals surface area contributed by atoms with Gasteiger partial charge >= 0.3 is 0 Å². The van der Waals surface area contributed by atoms with Crippen molar-refractivity contribution in [3.8, 4) is 0 Å². The molecule has 3 rings (SSSR count). The van der Waals surface area contributed by atoms with Gasteiger partial charge in [-0.05, 0) is 51.4 Å². The quantitative estimate of drug-likeness (QED) is 0.370. The van der Waals surface area contributed by atoms with E-state index in [0.29, 0.717) is 51.7 Å². The molecule has 5 atom stereocenters. The molecule has 3 aliphatic rings. The lowest BCUT2D eigenvalue weighted by Crippen LogP contribution is -2.55. The third kappa shape index (κ3) is 4.16. The van der Waals surface area contributed by atoms with Crippen molar-refractivity contribution >= 4 is 17.7 Å². The molecule has 3 fully saturated rings. The number of carbonyl (C=O) groups excluding carboxylic acids is 3. The zero-order chi connectivity index (χ0) is 23.4. The van der Waals surface area contributed by atoms with E-state index in [9.17, 15) is 14.4 Å². The van der Waals surface area contributed by atoms with E-state index in [-0.39, 0.29) is 24.3 Å².